The minimum Gasteiger partial charge on any atom is -0.497 e. The highest BCUT2D eigenvalue weighted by atomic mass is 16.5. The first kappa shape index (κ1) is 16.8. The van der Waals surface area contributed by atoms with Crippen LogP contribution >= 0.6 is 0 Å². The summed E-state index contributed by atoms with van der Waals surface area (Å²) in [5.41, 5.74) is 2.73. The largest absolute Gasteiger partial charge is 0.497 e. The average molecular weight is 327 g/mol. The molecule has 0 bridgehead atoms. The first-order chi connectivity index (χ1) is 12.3. The van der Waals surface area contributed by atoms with Crippen molar-refractivity contribution in [3.05, 3.63) is 102 Å². The van der Waals surface area contributed by atoms with Crippen molar-refractivity contribution in [3.63, 3.8) is 0 Å². The van der Waals surface area contributed by atoms with Gasteiger partial charge in [-0.2, -0.15) is 5.26 Å². The number of ether oxygens (including phenoxy) is 1. The van der Waals surface area contributed by atoms with Crippen molar-refractivity contribution in [3.8, 4) is 11.8 Å². The van der Waals surface area contributed by atoms with Crippen LogP contribution in [0.2, 0.25) is 0 Å². The SMILES string of the molecule is COc1ccc(C(C#N)(Cc2ccccc2)Cc2ccccc2)cc1. The van der Waals surface area contributed by atoms with Crippen LogP contribution in [0.5, 0.6) is 5.75 Å². The van der Waals surface area contributed by atoms with Gasteiger partial charge in [-0.25, -0.2) is 0 Å². The van der Waals surface area contributed by atoms with Gasteiger partial charge in [0.15, 0.2) is 0 Å². The lowest BCUT2D eigenvalue weighted by Gasteiger charge is -2.28. The first-order valence-electron chi connectivity index (χ1n) is 8.39. The molecular weight excluding hydrogens is 306 g/mol. The molecule has 0 fully saturated rings. The van der Waals surface area contributed by atoms with E-state index in [1.165, 1.54) is 0 Å². The topological polar surface area (TPSA) is 33.0 Å². The Morgan fingerprint density at radius 3 is 1.64 bits per heavy atom. The Hall–Kier alpha value is -3.05. The van der Waals surface area contributed by atoms with Crippen molar-refractivity contribution < 1.29 is 4.74 Å². The maximum atomic E-state index is 10.2. The molecule has 0 amide bonds. The van der Waals surface area contributed by atoms with Crippen molar-refractivity contribution in [2.24, 2.45) is 0 Å². The highest BCUT2D eigenvalue weighted by Gasteiger charge is 2.33. The molecule has 0 radical (unpaired) electrons. The standard InChI is InChI=1S/C23H21NO/c1-25-22-14-12-21(13-15-22)23(18-24,16-19-8-4-2-5-9-19)17-20-10-6-3-7-11-20/h2-15H,16-17H2,1H3. The molecule has 0 heterocycles. The number of nitrogens with zero attached hydrogens (tertiary/aromatic N) is 1. The third-order valence-electron chi connectivity index (χ3n) is 4.55. The van der Waals surface area contributed by atoms with Gasteiger partial charge in [0.05, 0.1) is 18.6 Å². The second-order valence-corrected chi connectivity index (χ2v) is 6.25. The molecule has 0 aromatic heterocycles. The molecule has 0 N–H and O–H groups in total. The van der Waals surface area contributed by atoms with Crippen molar-refractivity contribution in [1.82, 2.24) is 0 Å². The van der Waals surface area contributed by atoms with Gasteiger partial charge in [-0.15, -0.1) is 0 Å². The highest BCUT2D eigenvalue weighted by molar-refractivity contribution is 5.41. The van der Waals surface area contributed by atoms with E-state index in [0.29, 0.717) is 12.8 Å². The van der Waals surface area contributed by atoms with Crippen LogP contribution in [0, 0.1) is 11.3 Å². The molecule has 3 aromatic rings. The second-order valence-electron chi connectivity index (χ2n) is 6.25. The summed E-state index contributed by atoms with van der Waals surface area (Å²) in [5.74, 6) is 0.801. The number of hydrogen-bond acceptors (Lipinski definition) is 2. The molecule has 0 aliphatic carbocycles. The molecule has 124 valence electrons. The van der Waals surface area contributed by atoms with E-state index < -0.39 is 5.41 Å². The maximum absolute atomic E-state index is 10.2. The number of nitriles is 1. The monoisotopic (exact) mass is 327 g/mol. The van der Waals surface area contributed by atoms with Crippen LogP contribution in [0.3, 0.4) is 0 Å². The second kappa shape index (κ2) is 7.68. The van der Waals surface area contributed by atoms with E-state index in [4.69, 9.17) is 4.74 Å². The molecule has 3 aromatic carbocycles. The summed E-state index contributed by atoms with van der Waals surface area (Å²) >= 11 is 0. The Labute approximate surface area is 149 Å². The van der Waals surface area contributed by atoms with Crippen molar-refractivity contribution in [2.45, 2.75) is 18.3 Å². The normalized spacial score (nSPS) is 10.9. The molecule has 0 unspecified atom stereocenters. The number of benzene rings is 3. The van der Waals surface area contributed by atoms with Crippen LogP contribution in [0.15, 0.2) is 84.9 Å². The van der Waals surface area contributed by atoms with E-state index in [2.05, 4.69) is 30.3 Å². The molecule has 0 aliphatic rings. The first-order valence-corrected chi connectivity index (χ1v) is 8.39. The molecule has 2 heteroatoms. The zero-order valence-corrected chi connectivity index (χ0v) is 14.4. The fourth-order valence-electron chi connectivity index (χ4n) is 3.21. The lowest BCUT2D eigenvalue weighted by molar-refractivity contribution is 0.414. The Balaban J connectivity index is 2.03. The molecule has 0 aliphatic heterocycles. The Morgan fingerprint density at radius 2 is 1.24 bits per heavy atom. The predicted octanol–water partition coefficient (Wildman–Crippen LogP) is 4.94. The molecular formula is C23H21NO. The molecule has 25 heavy (non-hydrogen) atoms. The molecule has 2 nitrogen and oxygen atoms in total. The average Bonchev–Trinajstić information content (AvgIpc) is 2.69. The number of hydrogen-bond donors (Lipinski definition) is 0. The van der Waals surface area contributed by atoms with Gasteiger partial charge in [-0.3, -0.25) is 0 Å². The predicted molar refractivity (Wildman–Crippen MR) is 101 cm³/mol. The molecule has 0 saturated heterocycles. The summed E-state index contributed by atoms with van der Waals surface area (Å²) in [6.07, 6.45) is 1.34. The van der Waals surface area contributed by atoms with E-state index in [0.717, 1.165) is 22.4 Å². The summed E-state index contributed by atoms with van der Waals surface area (Å²) in [7, 11) is 1.65. The summed E-state index contributed by atoms with van der Waals surface area (Å²) in [4.78, 5) is 0. The van der Waals surface area contributed by atoms with Crippen LogP contribution in [0.1, 0.15) is 16.7 Å². The van der Waals surface area contributed by atoms with Gasteiger partial charge in [0.1, 0.15) is 5.75 Å². The van der Waals surface area contributed by atoms with Crippen molar-refractivity contribution in [1.29, 1.82) is 5.26 Å². The highest BCUT2D eigenvalue weighted by Crippen LogP contribution is 2.33. The smallest absolute Gasteiger partial charge is 0.118 e. The fraction of sp³-hybridized carbons (Fsp3) is 0.174. The zero-order chi connectivity index (χ0) is 17.5. The minimum atomic E-state index is -0.616. The zero-order valence-electron chi connectivity index (χ0n) is 14.4. The fourth-order valence-corrected chi connectivity index (χ4v) is 3.21. The van der Waals surface area contributed by atoms with E-state index in [-0.39, 0.29) is 0 Å². The van der Waals surface area contributed by atoms with Crippen molar-refractivity contribution >= 4 is 0 Å². The Kier molecular flexibility index (Phi) is 5.16. The minimum absolute atomic E-state index is 0.616. The van der Waals surface area contributed by atoms with Crippen LogP contribution < -0.4 is 4.74 Å². The lowest BCUT2D eigenvalue weighted by Crippen LogP contribution is -2.30. The van der Waals surface area contributed by atoms with Gasteiger partial charge in [0, 0.05) is 0 Å². The summed E-state index contributed by atoms with van der Waals surface area (Å²) in [6.45, 7) is 0. The van der Waals surface area contributed by atoms with E-state index in [1.807, 2.05) is 60.7 Å². The van der Waals surface area contributed by atoms with Crippen LogP contribution in [-0.4, -0.2) is 7.11 Å². The van der Waals surface area contributed by atoms with Crippen LogP contribution in [0.4, 0.5) is 0 Å². The molecule has 0 spiro atoms. The van der Waals surface area contributed by atoms with E-state index >= 15 is 0 Å². The molecule has 3 rings (SSSR count). The summed E-state index contributed by atoms with van der Waals surface area (Å²) in [5, 5.41) is 10.2. The molecule has 0 saturated carbocycles. The summed E-state index contributed by atoms with van der Waals surface area (Å²) < 4.78 is 5.27. The van der Waals surface area contributed by atoms with Crippen LogP contribution in [-0.2, 0) is 18.3 Å². The van der Waals surface area contributed by atoms with E-state index in [1.54, 1.807) is 7.11 Å². The number of methoxy groups -OCH3 is 1. The van der Waals surface area contributed by atoms with Crippen molar-refractivity contribution in [2.75, 3.05) is 7.11 Å². The number of rotatable bonds is 6. The third-order valence-corrected chi connectivity index (χ3v) is 4.55. The van der Waals surface area contributed by atoms with E-state index in [9.17, 15) is 5.26 Å². The van der Waals surface area contributed by atoms with Gasteiger partial charge in [0.2, 0.25) is 0 Å². The lowest BCUT2D eigenvalue weighted by atomic mass is 9.72. The quantitative estimate of drug-likeness (QED) is 0.642. The van der Waals surface area contributed by atoms with Gasteiger partial charge in [-0.05, 0) is 41.7 Å². The maximum Gasteiger partial charge on any atom is 0.118 e. The van der Waals surface area contributed by atoms with Gasteiger partial charge in [0.25, 0.3) is 0 Å². The third kappa shape index (κ3) is 3.89. The van der Waals surface area contributed by atoms with Crippen LogP contribution in [0.25, 0.3) is 0 Å². The Bertz CT molecular complexity index is 791. The van der Waals surface area contributed by atoms with Gasteiger partial charge >= 0.3 is 0 Å². The molecule has 0 atom stereocenters. The summed E-state index contributed by atoms with van der Waals surface area (Å²) in [6, 6.07) is 30.9. The Morgan fingerprint density at radius 1 is 0.760 bits per heavy atom. The van der Waals surface area contributed by atoms with Gasteiger partial charge < -0.3 is 4.74 Å². The van der Waals surface area contributed by atoms with Gasteiger partial charge in [-0.1, -0.05) is 72.8 Å².